The van der Waals surface area contributed by atoms with Gasteiger partial charge in [0.15, 0.2) is 6.29 Å². The third-order valence-electron chi connectivity index (χ3n) is 4.98. The standard InChI is InChI=1S/C24H30O6/c1-3-14-27-23-22(29-17-19-12-8-5-9-13-19)21(20(15-25)30-24(23)26-2)28-16-18-10-6-4-7-11-18/h3-13,20-25H,1,14-17H2,2H3/t20-,21-,22+,23-,24-/m1/s1. The lowest BCUT2D eigenvalue weighted by Crippen LogP contribution is -2.61. The second-order valence-corrected chi connectivity index (χ2v) is 7.07. The zero-order valence-electron chi connectivity index (χ0n) is 17.3. The molecule has 0 aromatic heterocycles. The highest BCUT2D eigenvalue weighted by Gasteiger charge is 2.48. The lowest BCUT2D eigenvalue weighted by molar-refractivity contribution is -0.318. The van der Waals surface area contributed by atoms with E-state index in [1.54, 1.807) is 13.2 Å². The van der Waals surface area contributed by atoms with Crippen LogP contribution in [0.2, 0.25) is 0 Å². The Hall–Kier alpha value is -2.06. The number of benzene rings is 2. The van der Waals surface area contributed by atoms with Crippen LogP contribution in [0.1, 0.15) is 11.1 Å². The number of aliphatic hydroxyl groups is 1. The van der Waals surface area contributed by atoms with E-state index in [2.05, 4.69) is 6.58 Å². The molecule has 1 saturated heterocycles. The molecule has 1 heterocycles. The average molecular weight is 414 g/mol. The zero-order valence-corrected chi connectivity index (χ0v) is 17.3. The smallest absolute Gasteiger partial charge is 0.186 e. The van der Waals surface area contributed by atoms with Gasteiger partial charge in [0.2, 0.25) is 0 Å². The highest BCUT2D eigenvalue weighted by atomic mass is 16.7. The Kier molecular flexibility index (Phi) is 9.01. The molecule has 5 atom stereocenters. The Morgan fingerprint density at radius 1 is 0.867 bits per heavy atom. The van der Waals surface area contributed by atoms with Crippen molar-refractivity contribution in [3.8, 4) is 0 Å². The van der Waals surface area contributed by atoms with Gasteiger partial charge in [-0.15, -0.1) is 6.58 Å². The molecule has 0 aliphatic carbocycles. The molecule has 2 aromatic carbocycles. The van der Waals surface area contributed by atoms with E-state index in [0.29, 0.717) is 19.8 Å². The van der Waals surface area contributed by atoms with Crippen LogP contribution >= 0.6 is 0 Å². The Balaban J connectivity index is 1.81. The van der Waals surface area contributed by atoms with E-state index in [-0.39, 0.29) is 6.61 Å². The van der Waals surface area contributed by atoms with Gasteiger partial charge in [-0.25, -0.2) is 0 Å². The van der Waals surface area contributed by atoms with E-state index >= 15 is 0 Å². The predicted octanol–water partition coefficient (Wildman–Crippen LogP) is 3.09. The minimum Gasteiger partial charge on any atom is -0.394 e. The van der Waals surface area contributed by atoms with Crippen LogP contribution in [0.5, 0.6) is 0 Å². The molecule has 0 spiro atoms. The first-order chi connectivity index (χ1) is 14.8. The number of aliphatic hydroxyl groups excluding tert-OH is 1. The third-order valence-corrected chi connectivity index (χ3v) is 4.98. The molecule has 6 heteroatoms. The second kappa shape index (κ2) is 12.0. The minimum atomic E-state index is -0.695. The fourth-order valence-electron chi connectivity index (χ4n) is 3.49. The molecule has 1 aliphatic rings. The van der Waals surface area contributed by atoms with Gasteiger partial charge in [0, 0.05) is 7.11 Å². The topological polar surface area (TPSA) is 66.4 Å². The van der Waals surface area contributed by atoms with Gasteiger partial charge in [-0.1, -0.05) is 66.7 Å². The summed E-state index contributed by atoms with van der Waals surface area (Å²) in [6.45, 7) is 4.55. The van der Waals surface area contributed by atoms with Crippen molar-refractivity contribution in [3.63, 3.8) is 0 Å². The van der Waals surface area contributed by atoms with Gasteiger partial charge in [-0.3, -0.25) is 0 Å². The molecular formula is C24H30O6. The molecule has 3 rings (SSSR count). The van der Waals surface area contributed by atoms with Crippen LogP contribution in [0, 0.1) is 0 Å². The summed E-state index contributed by atoms with van der Waals surface area (Å²) in [5.74, 6) is 0. The van der Waals surface area contributed by atoms with Crippen LogP contribution in [0.15, 0.2) is 73.3 Å². The van der Waals surface area contributed by atoms with Crippen LogP contribution in [-0.2, 0) is 36.9 Å². The van der Waals surface area contributed by atoms with Crippen molar-refractivity contribution in [2.45, 2.75) is 43.9 Å². The second-order valence-electron chi connectivity index (χ2n) is 7.07. The molecule has 0 unspecified atom stereocenters. The summed E-state index contributed by atoms with van der Waals surface area (Å²) in [4.78, 5) is 0. The summed E-state index contributed by atoms with van der Waals surface area (Å²) in [7, 11) is 1.54. The van der Waals surface area contributed by atoms with Crippen molar-refractivity contribution >= 4 is 0 Å². The molecule has 1 fully saturated rings. The largest absolute Gasteiger partial charge is 0.394 e. The van der Waals surface area contributed by atoms with Gasteiger partial charge in [0.05, 0.1) is 26.4 Å². The van der Waals surface area contributed by atoms with Crippen molar-refractivity contribution in [3.05, 3.63) is 84.4 Å². The Bertz CT molecular complexity index is 738. The van der Waals surface area contributed by atoms with Gasteiger partial charge >= 0.3 is 0 Å². The summed E-state index contributed by atoms with van der Waals surface area (Å²) in [5, 5.41) is 9.96. The fraction of sp³-hybridized carbons (Fsp3) is 0.417. The van der Waals surface area contributed by atoms with Crippen molar-refractivity contribution in [1.82, 2.24) is 0 Å². The number of ether oxygens (including phenoxy) is 5. The van der Waals surface area contributed by atoms with E-state index in [1.807, 2.05) is 60.7 Å². The average Bonchev–Trinajstić information content (AvgIpc) is 2.81. The number of hydrogen-bond donors (Lipinski definition) is 1. The molecule has 0 bridgehead atoms. The lowest BCUT2D eigenvalue weighted by atomic mass is 9.98. The predicted molar refractivity (Wildman–Crippen MR) is 113 cm³/mol. The molecule has 6 nitrogen and oxygen atoms in total. The van der Waals surface area contributed by atoms with Crippen LogP contribution in [0.25, 0.3) is 0 Å². The summed E-state index contributed by atoms with van der Waals surface area (Å²) >= 11 is 0. The maximum Gasteiger partial charge on any atom is 0.186 e. The van der Waals surface area contributed by atoms with Crippen molar-refractivity contribution in [2.75, 3.05) is 20.3 Å². The van der Waals surface area contributed by atoms with Gasteiger partial charge in [0.1, 0.15) is 24.4 Å². The lowest BCUT2D eigenvalue weighted by Gasteiger charge is -2.45. The summed E-state index contributed by atoms with van der Waals surface area (Å²) in [5.41, 5.74) is 2.05. The number of methoxy groups -OCH3 is 1. The van der Waals surface area contributed by atoms with Crippen molar-refractivity contribution in [2.24, 2.45) is 0 Å². The number of hydrogen-bond acceptors (Lipinski definition) is 6. The van der Waals surface area contributed by atoms with Crippen molar-refractivity contribution < 1.29 is 28.8 Å². The first-order valence-electron chi connectivity index (χ1n) is 10.1. The zero-order chi connectivity index (χ0) is 21.2. The SMILES string of the molecule is C=CCO[C@H]1[C@H](OC)O[C@H](CO)[C@@H](OCc2ccccc2)[C@@H]1OCc1ccccc1. The molecule has 0 saturated carbocycles. The molecule has 1 aliphatic heterocycles. The molecule has 30 heavy (non-hydrogen) atoms. The molecular weight excluding hydrogens is 384 g/mol. The third kappa shape index (κ3) is 5.98. The molecule has 0 radical (unpaired) electrons. The summed E-state index contributed by atoms with van der Waals surface area (Å²) in [6, 6.07) is 19.7. The normalized spacial score (nSPS) is 26.4. The van der Waals surface area contributed by atoms with Crippen molar-refractivity contribution in [1.29, 1.82) is 0 Å². The highest BCUT2D eigenvalue weighted by molar-refractivity contribution is 5.14. The van der Waals surface area contributed by atoms with Gasteiger partial charge < -0.3 is 28.8 Å². The molecule has 2 aromatic rings. The van der Waals surface area contributed by atoms with E-state index in [9.17, 15) is 5.11 Å². The van der Waals surface area contributed by atoms with E-state index in [1.165, 1.54) is 0 Å². The first-order valence-corrected chi connectivity index (χ1v) is 10.1. The maximum absolute atomic E-state index is 9.96. The quantitative estimate of drug-likeness (QED) is 0.570. The Labute approximate surface area is 178 Å². The van der Waals surface area contributed by atoms with E-state index in [4.69, 9.17) is 23.7 Å². The number of rotatable bonds is 11. The minimum absolute atomic E-state index is 0.224. The molecule has 0 amide bonds. The van der Waals surface area contributed by atoms with E-state index in [0.717, 1.165) is 11.1 Å². The molecule has 1 N–H and O–H groups in total. The van der Waals surface area contributed by atoms with Gasteiger partial charge in [0.25, 0.3) is 0 Å². The maximum atomic E-state index is 9.96. The van der Waals surface area contributed by atoms with Gasteiger partial charge in [-0.05, 0) is 11.1 Å². The van der Waals surface area contributed by atoms with E-state index < -0.39 is 30.7 Å². The van der Waals surface area contributed by atoms with Crippen LogP contribution in [0.3, 0.4) is 0 Å². The Morgan fingerprint density at radius 2 is 1.43 bits per heavy atom. The monoisotopic (exact) mass is 414 g/mol. The summed E-state index contributed by atoms with van der Waals surface area (Å²) in [6.07, 6.45) is -1.23. The molecule has 162 valence electrons. The first kappa shape index (κ1) is 22.6. The van der Waals surface area contributed by atoms with Gasteiger partial charge in [-0.2, -0.15) is 0 Å². The van der Waals surface area contributed by atoms with Crippen LogP contribution in [-0.4, -0.2) is 56.1 Å². The summed E-state index contributed by atoms with van der Waals surface area (Å²) < 4.78 is 29.9. The fourth-order valence-corrected chi connectivity index (χ4v) is 3.49. The highest BCUT2D eigenvalue weighted by Crippen LogP contribution is 2.30. The Morgan fingerprint density at radius 3 is 1.93 bits per heavy atom. The van der Waals surface area contributed by atoms with Crippen LogP contribution < -0.4 is 0 Å². The van der Waals surface area contributed by atoms with Crippen LogP contribution in [0.4, 0.5) is 0 Å².